The van der Waals surface area contributed by atoms with E-state index in [-0.39, 0.29) is 0 Å². The highest BCUT2D eigenvalue weighted by Crippen LogP contribution is 2.17. The van der Waals surface area contributed by atoms with Gasteiger partial charge in [-0.2, -0.15) is 5.26 Å². The molecular weight excluding hydrogens is 256 g/mol. The predicted molar refractivity (Wildman–Crippen MR) is 87.0 cm³/mol. The Balaban J connectivity index is 1.69. The molecular formula is C19H16N2. The molecule has 0 fully saturated rings. The van der Waals surface area contributed by atoms with Gasteiger partial charge in [0, 0.05) is 12.2 Å². The highest BCUT2D eigenvalue weighted by Gasteiger charge is 1.98. The van der Waals surface area contributed by atoms with Crippen LogP contribution in [0.5, 0.6) is 0 Å². The third-order valence-corrected chi connectivity index (χ3v) is 3.55. The van der Waals surface area contributed by atoms with E-state index in [0.717, 1.165) is 17.8 Å². The van der Waals surface area contributed by atoms with Crippen LogP contribution >= 0.6 is 0 Å². The zero-order valence-corrected chi connectivity index (χ0v) is 11.7. The summed E-state index contributed by atoms with van der Waals surface area (Å²) in [6, 6.07) is 25.1. The fraction of sp³-hybridized carbons (Fsp3) is 0.105. The van der Waals surface area contributed by atoms with Crippen molar-refractivity contribution in [1.82, 2.24) is 0 Å². The Kier molecular flexibility index (Phi) is 3.84. The molecule has 0 aliphatic heterocycles. The van der Waals surface area contributed by atoms with Gasteiger partial charge in [0.05, 0.1) is 12.5 Å². The van der Waals surface area contributed by atoms with Crippen molar-refractivity contribution in [3.05, 3.63) is 77.9 Å². The first kappa shape index (κ1) is 13.2. The van der Waals surface area contributed by atoms with Crippen LogP contribution < -0.4 is 5.32 Å². The number of benzene rings is 3. The summed E-state index contributed by atoms with van der Waals surface area (Å²) >= 11 is 0. The number of nitrogens with one attached hydrogen (secondary N) is 1. The van der Waals surface area contributed by atoms with Crippen molar-refractivity contribution in [3.8, 4) is 6.07 Å². The van der Waals surface area contributed by atoms with E-state index < -0.39 is 0 Å². The molecule has 102 valence electrons. The van der Waals surface area contributed by atoms with E-state index in [1.165, 1.54) is 16.3 Å². The maximum atomic E-state index is 8.66. The van der Waals surface area contributed by atoms with Crippen LogP contribution in [0.15, 0.2) is 66.7 Å². The molecule has 0 aliphatic rings. The molecule has 0 unspecified atom stereocenters. The lowest BCUT2D eigenvalue weighted by Crippen LogP contribution is -1.99. The molecule has 1 N–H and O–H groups in total. The molecule has 3 rings (SSSR count). The Morgan fingerprint density at radius 1 is 0.810 bits per heavy atom. The smallest absolute Gasteiger partial charge is 0.0669 e. The lowest BCUT2D eigenvalue weighted by Gasteiger charge is -2.08. The number of nitrogens with zero attached hydrogens (tertiary/aromatic N) is 1. The number of anilines is 1. The average Bonchev–Trinajstić information content (AvgIpc) is 2.54. The van der Waals surface area contributed by atoms with Gasteiger partial charge in [-0.05, 0) is 40.1 Å². The summed E-state index contributed by atoms with van der Waals surface area (Å²) in [5.41, 5.74) is 3.38. The second-order valence-electron chi connectivity index (χ2n) is 5.07. The highest BCUT2D eigenvalue weighted by atomic mass is 14.9. The Bertz CT molecular complexity index is 783. The molecule has 0 aromatic heterocycles. The minimum atomic E-state index is 0.463. The number of fused-ring (bicyclic) bond motifs is 1. The monoisotopic (exact) mass is 272 g/mol. The topological polar surface area (TPSA) is 35.8 Å². The lowest BCUT2D eigenvalue weighted by molar-refractivity contribution is 1.15. The van der Waals surface area contributed by atoms with Crippen LogP contribution in [-0.2, 0) is 13.0 Å². The zero-order valence-electron chi connectivity index (χ0n) is 11.7. The van der Waals surface area contributed by atoms with E-state index in [4.69, 9.17) is 5.26 Å². The molecule has 0 amide bonds. The van der Waals surface area contributed by atoms with E-state index in [1.807, 2.05) is 24.3 Å². The summed E-state index contributed by atoms with van der Waals surface area (Å²) in [5, 5.41) is 14.6. The summed E-state index contributed by atoms with van der Waals surface area (Å²) in [6.07, 6.45) is 0.463. The van der Waals surface area contributed by atoms with E-state index in [9.17, 15) is 0 Å². The van der Waals surface area contributed by atoms with Crippen LogP contribution in [-0.4, -0.2) is 0 Å². The standard InChI is InChI=1S/C19H16N2/c20-12-11-15-6-9-19(10-7-15)21-14-16-5-8-17-3-1-2-4-18(17)13-16/h1-10,13,21H,11,14H2. The van der Waals surface area contributed by atoms with E-state index in [1.54, 1.807) is 0 Å². The van der Waals surface area contributed by atoms with Gasteiger partial charge in [-0.1, -0.05) is 48.5 Å². The van der Waals surface area contributed by atoms with Crippen LogP contribution in [0.25, 0.3) is 10.8 Å². The summed E-state index contributed by atoms with van der Waals surface area (Å²) in [7, 11) is 0. The van der Waals surface area contributed by atoms with Gasteiger partial charge >= 0.3 is 0 Å². The lowest BCUT2D eigenvalue weighted by atomic mass is 10.1. The van der Waals surface area contributed by atoms with E-state index in [2.05, 4.69) is 53.9 Å². The van der Waals surface area contributed by atoms with Gasteiger partial charge in [0.15, 0.2) is 0 Å². The third-order valence-electron chi connectivity index (χ3n) is 3.55. The Hall–Kier alpha value is -2.79. The molecule has 0 heterocycles. The summed E-state index contributed by atoms with van der Waals surface area (Å²) < 4.78 is 0. The van der Waals surface area contributed by atoms with Gasteiger partial charge in [0.1, 0.15) is 0 Å². The van der Waals surface area contributed by atoms with Crippen LogP contribution in [0.2, 0.25) is 0 Å². The van der Waals surface area contributed by atoms with Gasteiger partial charge in [-0.3, -0.25) is 0 Å². The molecule has 2 heteroatoms. The molecule has 3 aromatic rings. The van der Waals surface area contributed by atoms with Crippen LogP contribution in [0.1, 0.15) is 11.1 Å². The SMILES string of the molecule is N#CCc1ccc(NCc2ccc3ccccc3c2)cc1. The number of hydrogen-bond acceptors (Lipinski definition) is 2. The largest absolute Gasteiger partial charge is 0.381 e. The molecule has 0 spiro atoms. The Morgan fingerprint density at radius 3 is 2.29 bits per heavy atom. The van der Waals surface area contributed by atoms with Crippen LogP contribution in [0.3, 0.4) is 0 Å². The Labute approximate surface area is 124 Å². The number of rotatable bonds is 4. The van der Waals surface area contributed by atoms with E-state index >= 15 is 0 Å². The maximum Gasteiger partial charge on any atom is 0.0669 e. The van der Waals surface area contributed by atoms with Crippen molar-refractivity contribution < 1.29 is 0 Å². The van der Waals surface area contributed by atoms with Crippen molar-refractivity contribution in [2.75, 3.05) is 5.32 Å². The summed E-state index contributed by atoms with van der Waals surface area (Å²) in [6.45, 7) is 0.794. The average molecular weight is 272 g/mol. The molecule has 3 aromatic carbocycles. The van der Waals surface area contributed by atoms with Gasteiger partial charge in [0.25, 0.3) is 0 Å². The molecule has 0 radical (unpaired) electrons. The van der Waals surface area contributed by atoms with Gasteiger partial charge in [0.2, 0.25) is 0 Å². The van der Waals surface area contributed by atoms with Crippen molar-refractivity contribution in [1.29, 1.82) is 5.26 Å². The second-order valence-corrected chi connectivity index (χ2v) is 5.07. The van der Waals surface area contributed by atoms with Gasteiger partial charge < -0.3 is 5.32 Å². The summed E-state index contributed by atoms with van der Waals surface area (Å²) in [4.78, 5) is 0. The van der Waals surface area contributed by atoms with Crippen molar-refractivity contribution in [2.45, 2.75) is 13.0 Å². The fourth-order valence-corrected chi connectivity index (χ4v) is 2.38. The fourth-order valence-electron chi connectivity index (χ4n) is 2.38. The van der Waals surface area contributed by atoms with Crippen molar-refractivity contribution in [2.24, 2.45) is 0 Å². The zero-order chi connectivity index (χ0) is 14.5. The molecule has 0 saturated heterocycles. The minimum Gasteiger partial charge on any atom is -0.381 e. The first-order valence-electron chi connectivity index (χ1n) is 7.02. The van der Waals surface area contributed by atoms with E-state index in [0.29, 0.717) is 6.42 Å². The van der Waals surface area contributed by atoms with Crippen LogP contribution in [0, 0.1) is 11.3 Å². The van der Waals surface area contributed by atoms with Crippen molar-refractivity contribution in [3.63, 3.8) is 0 Å². The maximum absolute atomic E-state index is 8.66. The van der Waals surface area contributed by atoms with Gasteiger partial charge in [-0.25, -0.2) is 0 Å². The number of nitriles is 1. The first-order chi connectivity index (χ1) is 10.3. The normalized spacial score (nSPS) is 10.2. The third kappa shape index (κ3) is 3.21. The second kappa shape index (κ2) is 6.11. The molecule has 0 saturated carbocycles. The molecule has 2 nitrogen and oxygen atoms in total. The quantitative estimate of drug-likeness (QED) is 0.758. The first-order valence-corrected chi connectivity index (χ1v) is 7.02. The molecule has 0 aliphatic carbocycles. The van der Waals surface area contributed by atoms with Crippen LogP contribution in [0.4, 0.5) is 5.69 Å². The Morgan fingerprint density at radius 2 is 1.52 bits per heavy atom. The highest BCUT2D eigenvalue weighted by molar-refractivity contribution is 5.83. The molecule has 21 heavy (non-hydrogen) atoms. The van der Waals surface area contributed by atoms with Gasteiger partial charge in [-0.15, -0.1) is 0 Å². The predicted octanol–water partition coefficient (Wildman–Crippen LogP) is 4.52. The molecule has 0 atom stereocenters. The molecule has 0 bridgehead atoms. The minimum absolute atomic E-state index is 0.463. The van der Waals surface area contributed by atoms with Crippen molar-refractivity contribution >= 4 is 16.5 Å². The number of hydrogen-bond donors (Lipinski definition) is 1. The summed E-state index contributed by atoms with van der Waals surface area (Å²) in [5.74, 6) is 0.